The molecular weight excluding hydrogens is 242 g/mol. The minimum atomic E-state index is 0.329. The molecule has 0 atom stereocenters. The molecule has 0 aromatic carbocycles. The summed E-state index contributed by atoms with van der Waals surface area (Å²) in [7, 11) is 3.68. The molecule has 1 heterocycles. The van der Waals surface area contributed by atoms with Gasteiger partial charge in [0.25, 0.3) is 0 Å². The molecule has 0 aliphatic carbocycles. The van der Waals surface area contributed by atoms with Gasteiger partial charge in [-0.15, -0.1) is 0 Å². The lowest BCUT2D eigenvalue weighted by Crippen LogP contribution is -2.07. The summed E-state index contributed by atoms with van der Waals surface area (Å²) >= 11 is 2.57. The zero-order chi connectivity index (χ0) is 12.0. The molecule has 5 nitrogen and oxygen atoms in total. The molecule has 1 aromatic heterocycles. The van der Waals surface area contributed by atoms with Gasteiger partial charge < -0.3 is 4.90 Å². The van der Waals surface area contributed by atoms with Crippen molar-refractivity contribution in [3.63, 3.8) is 0 Å². The first-order valence-corrected chi connectivity index (χ1v) is 6.09. The van der Waals surface area contributed by atoms with Gasteiger partial charge in [-0.3, -0.25) is 0 Å². The fourth-order valence-corrected chi connectivity index (χ4v) is 2.32. The molecule has 0 N–H and O–H groups in total. The molecule has 0 aliphatic rings. The second-order valence-corrected chi connectivity index (χ2v) is 5.12. The van der Waals surface area contributed by atoms with Crippen LogP contribution in [0, 0.1) is 22.7 Å². The third-order valence-electron chi connectivity index (χ3n) is 1.36. The van der Waals surface area contributed by atoms with Gasteiger partial charge in [0.05, 0.1) is 18.2 Å². The second-order valence-electron chi connectivity index (χ2n) is 2.90. The van der Waals surface area contributed by atoms with E-state index in [4.69, 9.17) is 10.5 Å². The van der Waals surface area contributed by atoms with Crippen LogP contribution in [0.3, 0.4) is 0 Å². The van der Waals surface area contributed by atoms with Crippen molar-refractivity contribution < 1.29 is 0 Å². The Hall–Kier alpha value is -1.57. The number of nitrogens with zero attached hydrogens (tertiary/aromatic N) is 5. The Bertz CT molecular complexity index is 463. The van der Waals surface area contributed by atoms with Crippen molar-refractivity contribution in [3.8, 4) is 12.1 Å². The molecule has 16 heavy (non-hydrogen) atoms. The Morgan fingerprint density at radius 3 is 2.88 bits per heavy atom. The molecule has 1 rings (SSSR count). The van der Waals surface area contributed by atoms with Crippen LogP contribution in [0.15, 0.2) is 9.33 Å². The molecule has 0 radical (unpaired) electrons. The highest BCUT2D eigenvalue weighted by Gasteiger charge is 2.09. The fraction of sp³-hybridized carbons (Fsp3) is 0.333. The van der Waals surface area contributed by atoms with E-state index in [1.54, 1.807) is 11.2 Å². The summed E-state index contributed by atoms with van der Waals surface area (Å²) in [5.41, 5.74) is 0. The fourth-order valence-electron chi connectivity index (χ4n) is 0.779. The van der Waals surface area contributed by atoms with Crippen molar-refractivity contribution in [1.29, 1.82) is 10.5 Å². The Morgan fingerprint density at radius 1 is 1.56 bits per heavy atom. The lowest BCUT2D eigenvalue weighted by atomic mass is 10.5. The number of aromatic nitrogens is 1. The van der Waals surface area contributed by atoms with E-state index in [-0.39, 0.29) is 0 Å². The average Bonchev–Trinajstić information content (AvgIpc) is 2.66. The van der Waals surface area contributed by atoms with Gasteiger partial charge in [0.15, 0.2) is 15.0 Å². The normalized spacial score (nSPS) is 10.0. The van der Waals surface area contributed by atoms with E-state index < -0.39 is 0 Å². The van der Waals surface area contributed by atoms with Crippen LogP contribution >= 0.6 is 23.1 Å². The molecule has 0 unspecified atom stereocenters. The van der Waals surface area contributed by atoms with Gasteiger partial charge in [0.2, 0.25) is 0 Å². The van der Waals surface area contributed by atoms with Gasteiger partial charge in [-0.05, 0) is 0 Å². The van der Waals surface area contributed by atoms with Crippen LogP contribution in [-0.2, 0) is 0 Å². The molecule has 7 heteroatoms. The number of hydrogen-bond donors (Lipinski definition) is 0. The smallest absolute Gasteiger partial charge is 0.183 e. The lowest BCUT2D eigenvalue weighted by molar-refractivity contribution is 0.643. The van der Waals surface area contributed by atoms with Crippen LogP contribution in [0.4, 0.5) is 5.82 Å². The van der Waals surface area contributed by atoms with Crippen LogP contribution in [0.1, 0.15) is 4.88 Å². The van der Waals surface area contributed by atoms with Gasteiger partial charge >= 0.3 is 0 Å². The predicted octanol–water partition coefficient (Wildman–Crippen LogP) is 1.85. The molecule has 0 bridgehead atoms. The topological polar surface area (TPSA) is 76.1 Å². The molecule has 82 valence electrons. The number of nitriles is 2. The van der Waals surface area contributed by atoms with Gasteiger partial charge in [0, 0.05) is 14.1 Å². The summed E-state index contributed by atoms with van der Waals surface area (Å²) in [5.74, 6) is 0.747. The first-order chi connectivity index (χ1) is 7.67. The van der Waals surface area contributed by atoms with Crippen molar-refractivity contribution in [3.05, 3.63) is 4.88 Å². The average molecular weight is 251 g/mol. The minimum absolute atomic E-state index is 0.329. The minimum Gasteiger partial charge on any atom is -0.369 e. The first kappa shape index (κ1) is 12.5. The van der Waals surface area contributed by atoms with Crippen molar-refractivity contribution >= 4 is 35.3 Å². The molecule has 1 aromatic rings. The molecular formula is C9H9N5S2. The number of aliphatic imine (C=N–C) groups is 1. The predicted molar refractivity (Wildman–Crippen MR) is 65.0 cm³/mol. The first-order valence-electron chi connectivity index (χ1n) is 4.28. The van der Waals surface area contributed by atoms with Gasteiger partial charge in [0.1, 0.15) is 6.07 Å². The summed E-state index contributed by atoms with van der Waals surface area (Å²) < 4.78 is 0.698. The van der Waals surface area contributed by atoms with Crippen LogP contribution in [0.25, 0.3) is 0 Å². The van der Waals surface area contributed by atoms with E-state index in [2.05, 4.69) is 9.98 Å². The van der Waals surface area contributed by atoms with E-state index in [0.29, 0.717) is 20.8 Å². The third kappa shape index (κ3) is 3.54. The standard InChI is InChI=1S/C9H9N5S2/c1-14(2)6-12-8-7(5-11)16-9(13-8)15-4-3-10/h6H,4H2,1-2H3. The highest BCUT2D eigenvalue weighted by Crippen LogP contribution is 2.31. The Morgan fingerprint density at radius 2 is 2.31 bits per heavy atom. The maximum Gasteiger partial charge on any atom is 0.183 e. The van der Waals surface area contributed by atoms with E-state index >= 15 is 0 Å². The van der Waals surface area contributed by atoms with Crippen LogP contribution in [0.2, 0.25) is 0 Å². The van der Waals surface area contributed by atoms with Crippen LogP contribution in [0.5, 0.6) is 0 Å². The van der Waals surface area contributed by atoms with Crippen molar-refractivity contribution in [2.75, 3.05) is 19.8 Å². The van der Waals surface area contributed by atoms with Crippen LogP contribution in [-0.4, -0.2) is 36.1 Å². The largest absolute Gasteiger partial charge is 0.369 e. The third-order valence-corrected chi connectivity index (χ3v) is 3.32. The maximum atomic E-state index is 8.88. The molecule has 0 amide bonds. The van der Waals surface area contributed by atoms with E-state index in [0.717, 1.165) is 0 Å². The number of hydrogen-bond acceptors (Lipinski definition) is 6. The Labute approximate surface area is 102 Å². The zero-order valence-corrected chi connectivity index (χ0v) is 10.5. The van der Waals surface area contributed by atoms with Gasteiger partial charge in [-0.25, -0.2) is 9.98 Å². The summed E-state index contributed by atoms with van der Waals surface area (Å²) in [5, 5.41) is 17.3. The highest BCUT2D eigenvalue weighted by atomic mass is 32.2. The summed E-state index contributed by atoms with van der Waals surface area (Å²) in [6.07, 6.45) is 1.59. The maximum absolute atomic E-state index is 8.88. The van der Waals surface area contributed by atoms with Crippen molar-refractivity contribution in [2.24, 2.45) is 4.99 Å². The zero-order valence-electron chi connectivity index (χ0n) is 8.84. The number of rotatable bonds is 4. The molecule has 0 saturated carbocycles. The van der Waals surface area contributed by atoms with Crippen LogP contribution < -0.4 is 0 Å². The molecule has 0 aliphatic heterocycles. The molecule has 0 spiro atoms. The number of thiazole rings is 1. The quantitative estimate of drug-likeness (QED) is 0.463. The van der Waals surface area contributed by atoms with Gasteiger partial charge in [-0.2, -0.15) is 10.5 Å². The molecule has 0 fully saturated rings. The van der Waals surface area contributed by atoms with E-state index in [1.807, 2.05) is 26.2 Å². The Balaban J connectivity index is 2.88. The lowest BCUT2D eigenvalue weighted by Gasteiger charge is -2.00. The van der Waals surface area contributed by atoms with Crippen molar-refractivity contribution in [1.82, 2.24) is 9.88 Å². The monoisotopic (exact) mass is 251 g/mol. The summed E-state index contributed by atoms with van der Waals surface area (Å²) in [4.78, 5) is 10.5. The SMILES string of the molecule is CN(C)C=Nc1nc(SCC#N)sc1C#N. The summed E-state index contributed by atoms with van der Waals surface area (Å²) in [6, 6.07) is 4.06. The summed E-state index contributed by atoms with van der Waals surface area (Å²) in [6.45, 7) is 0. The molecule has 0 saturated heterocycles. The van der Waals surface area contributed by atoms with E-state index in [9.17, 15) is 0 Å². The van der Waals surface area contributed by atoms with Crippen molar-refractivity contribution in [2.45, 2.75) is 4.34 Å². The number of thioether (sulfide) groups is 1. The van der Waals surface area contributed by atoms with E-state index in [1.165, 1.54) is 23.1 Å². The van der Waals surface area contributed by atoms with Gasteiger partial charge in [-0.1, -0.05) is 23.1 Å². The second kappa shape index (κ2) is 6.11. The Kier molecular flexibility index (Phi) is 4.77. The highest BCUT2D eigenvalue weighted by molar-refractivity contribution is 8.01.